The van der Waals surface area contributed by atoms with Gasteiger partial charge in [-0.3, -0.25) is 4.68 Å². The minimum Gasteiger partial charge on any atom is -0.493 e. The first-order chi connectivity index (χ1) is 13.0. The Balaban J connectivity index is 1.88. The van der Waals surface area contributed by atoms with Crippen molar-refractivity contribution in [2.75, 3.05) is 20.8 Å². The molecule has 0 aliphatic rings. The van der Waals surface area contributed by atoms with E-state index in [1.54, 1.807) is 18.9 Å². The van der Waals surface area contributed by atoms with Gasteiger partial charge in [0.15, 0.2) is 23.1 Å². The lowest BCUT2D eigenvalue weighted by atomic mass is 10.1. The van der Waals surface area contributed by atoms with Gasteiger partial charge in [-0.2, -0.15) is 10.2 Å². The van der Waals surface area contributed by atoms with E-state index in [-0.39, 0.29) is 12.6 Å². The molecule has 0 spiro atoms. The van der Waals surface area contributed by atoms with Crippen molar-refractivity contribution in [2.24, 2.45) is 0 Å². The topological polar surface area (TPSA) is 87.2 Å². The van der Waals surface area contributed by atoms with Gasteiger partial charge in [-0.1, -0.05) is 6.07 Å². The molecule has 0 aliphatic heterocycles. The number of methoxy groups -OCH3 is 2. The van der Waals surface area contributed by atoms with Crippen LogP contribution in [0.3, 0.4) is 0 Å². The van der Waals surface area contributed by atoms with Gasteiger partial charge >= 0.3 is 0 Å². The third kappa shape index (κ3) is 4.11. The van der Waals surface area contributed by atoms with E-state index in [0.29, 0.717) is 30.3 Å². The van der Waals surface area contributed by atoms with Crippen molar-refractivity contribution in [3.63, 3.8) is 0 Å². The summed E-state index contributed by atoms with van der Waals surface area (Å²) in [7, 11) is 3.22. The van der Waals surface area contributed by atoms with Crippen LogP contribution < -0.4 is 9.47 Å². The Hall–Kier alpha value is -2.87. The molecule has 0 saturated heterocycles. The predicted molar refractivity (Wildman–Crippen MR) is 100 cm³/mol. The maximum atomic E-state index is 9.38. The summed E-state index contributed by atoms with van der Waals surface area (Å²) in [4.78, 5) is 4.72. The fourth-order valence-corrected chi connectivity index (χ4v) is 2.98. The van der Waals surface area contributed by atoms with E-state index in [1.807, 2.05) is 49.1 Å². The molecule has 1 atom stereocenters. The lowest BCUT2D eigenvalue weighted by Gasteiger charge is -2.12. The molecule has 0 aliphatic carbocycles. The summed E-state index contributed by atoms with van der Waals surface area (Å²) in [6.07, 6.45) is 4.33. The molecule has 0 amide bonds. The highest BCUT2D eigenvalue weighted by molar-refractivity contribution is 5.43. The fourth-order valence-electron chi connectivity index (χ4n) is 2.98. The molecule has 2 heterocycles. The Morgan fingerprint density at radius 2 is 1.96 bits per heavy atom. The van der Waals surface area contributed by atoms with E-state index < -0.39 is 0 Å². The van der Waals surface area contributed by atoms with Crippen molar-refractivity contribution < 1.29 is 14.6 Å². The number of aryl methyl sites for hydroxylation is 1. The quantitative estimate of drug-likeness (QED) is 0.652. The largest absolute Gasteiger partial charge is 0.493 e. The lowest BCUT2D eigenvalue weighted by Crippen LogP contribution is -2.16. The van der Waals surface area contributed by atoms with Gasteiger partial charge < -0.3 is 14.6 Å². The van der Waals surface area contributed by atoms with E-state index in [4.69, 9.17) is 14.5 Å². The molecule has 8 nitrogen and oxygen atoms in total. The molecule has 1 N–H and O–H groups in total. The maximum absolute atomic E-state index is 9.38. The van der Waals surface area contributed by atoms with Crippen molar-refractivity contribution in [2.45, 2.75) is 32.9 Å². The highest BCUT2D eigenvalue weighted by Gasteiger charge is 2.19. The number of aliphatic hydroxyl groups excluding tert-OH is 1. The first-order valence-electron chi connectivity index (χ1n) is 8.81. The number of hydrogen-bond acceptors (Lipinski definition) is 6. The van der Waals surface area contributed by atoms with Crippen LogP contribution in [0.2, 0.25) is 0 Å². The molecule has 3 aromatic rings. The Bertz CT molecular complexity index is 903. The zero-order chi connectivity index (χ0) is 19.4. The fraction of sp³-hybridized carbons (Fsp3) is 0.421. The Morgan fingerprint density at radius 3 is 2.59 bits per heavy atom. The van der Waals surface area contributed by atoms with Gasteiger partial charge in [0.2, 0.25) is 0 Å². The van der Waals surface area contributed by atoms with Gasteiger partial charge in [-0.25, -0.2) is 9.67 Å². The number of ether oxygens (including phenoxy) is 2. The normalized spacial score (nSPS) is 12.2. The molecule has 0 saturated carbocycles. The van der Waals surface area contributed by atoms with Crippen LogP contribution in [0.25, 0.3) is 0 Å². The number of hydrogen-bond donors (Lipinski definition) is 1. The molecule has 0 fully saturated rings. The van der Waals surface area contributed by atoms with Crippen LogP contribution >= 0.6 is 0 Å². The highest BCUT2D eigenvalue weighted by Crippen LogP contribution is 2.28. The second-order valence-electron chi connectivity index (χ2n) is 6.37. The molecule has 0 radical (unpaired) electrons. The molecule has 2 aromatic heterocycles. The van der Waals surface area contributed by atoms with E-state index in [0.717, 1.165) is 17.0 Å². The van der Waals surface area contributed by atoms with E-state index in [2.05, 4.69) is 10.2 Å². The first kappa shape index (κ1) is 18.9. The first-order valence-corrected chi connectivity index (χ1v) is 8.81. The summed E-state index contributed by atoms with van der Waals surface area (Å²) in [6, 6.07) is 5.67. The zero-order valence-corrected chi connectivity index (χ0v) is 16.1. The van der Waals surface area contributed by atoms with Crippen LogP contribution in [-0.4, -0.2) is 50.5 Å². The number of rotatable bonds is 8. The average Bonchev–Trinajstić information content (AvgIpc) is 3.27. The summed E-state index contributed by atoms with van der Waals surface area (Å²) in [5.74, 6) is 2.80. The van der Waals surface area contributed by atoms with Gasteiger partial charge in [0, 0.05) is 12.6 Å². The Labute approximate surface area is 158 Å². The summed E-state index contributed by atoms with van der Waals surface area (Å²) in [6.45, 7) is 4.40. The smallest absolute Gasteiger partial charge is 0.161 e. The third-order valence-electron chi connectivity index (χ3n) is 4.37. The van der Waals surface area contributed by atoms with Gasteiger partial charge in [-0.15, -0.1) is 0 Å². The second kappa shape index (κ2) is 8.22. The maximum Gasteiger partial charge on any atom is 0.161 e. The number of aromatic nitrogens is 5. The molecular weight excluding hydrogens is 346 g/mol. The standard InChI is InChI=1S/C19H25N5O3/c1-13-11-20-24(12-13)14(2)19-21-18(22-23(19)7-8-25)10-15-5-6-16(26-3)17(9-15)27-4/h5-6,9,11-12,14,25H,7-8,10H2,1-4H3. The van der Waals surface area contributed by atoms with Crippen LogP contribution in [0.5, 0.6) is 11.5 Å². The Kier molecular flexibility index (Phi) is 5.75. The molecule has 1 aromatic carbocycles. The van der Waals surface area contributed by atoms with E-state index in [9.17, 15) is 5.11 Å². The van der Waals surface area contributed by atoms with Crippen molar-refractivity contribution in [3.8, 4) is 11.5 Å². The summed E-state index contributed by atoms with van der Waals surface area (Å²) >= 11 is 0. The zero-order valence-electron chi connectivity index (χ0n) is 16.1. The second-order valence-corrected chi connectivity index (χ2v) is 6.37. The average molecular weight is 371 g/mol. The van der Waals surface area contributed by atoms with Crippen molar-refractivity contribution >= 4 is 0 Å². The highest BCUT2D eigenvalue weighted by atomic mass is 16.5. The van der Waals surface area contributed by atoms with Gasteiger partial charge in [-0.05, 0) is 37.1 Å². The molecule has 0 bridgehead atoms. The summed E-state index contributed by atoms with van der Waals surface area (Å²) in [5, 5.41) is 18.3. The molecule has 144 valence electrons. The van der Waals surface area contributed by atoms with Crippen LogP contribution in [0.1, 0.15) is 35.7 Å². The van der Waals surface area contributed by atoms with Crippen LogP contribution in [0, 0.1) is 6.92 Å². The predicted octanol–water partition coefficient (Wildman–Crippen LogP) is 1.99. The lowest BCUT2D eigenvalue weighted by molar-refractivity contribution is 0.264. The monoisotopic (exact) mass is 371 g/mol. The van der Waals surface area contributed by atoms with Crippen LogP contribution in [-0.2, 0) is 13.0 Å². The molecule has 3 rings (SSSR count). The number of aliphatic hydroxyl groups is 1. The van der Waals surface area contributed by atoms with Gasteiger partial charge in [0.05, 0.1) is 33.6 Å². The molecule has 27 heavy (non-hydrogen) atoms. The van der Waals surface area contributed by atoms with Crippen molar-refractivity contribution in [1.29, 1.82) is 0 Å². The van der Waals surface area contributed by atoms with Crippen molar-refractivity contribution in [1.82, 2.24) is 24.5 Å². The SMILES string of the molecule is COc1ccc(Cc2nc(C(C)n3cc(C)cn3)n(CCO)n2)cc1OC. The van der Waals surface area contributed by atoms with Crippen molar-refractivity contribution in [3.05, 3.63) is 53.4 Å². The molecule has 8 heteroatoms. The minimum absolute atomic E-state index is 0.00296. The van der Waals surface area contributed by atoms with E-state index in [1.165, 1.54) is 0 Å². The van der Waals surface area contributed by atoms with Gasteiger partial charge in [0.25, 0.3) is 0 Å². The van der Waals surface area contributed by atoms with Crippen LogP contribution in [0.4, 0.5) is 0 Å². The third-order valence-corrected chi connectivity index (χ3v) is 4.37. The Morgan fingerprint density at radius 1 is 1.19 bits per heavy atom. The van der Waals surface area contributed by atoms with E-state index >= 15 is 0 Å². The number of nitrogens with zero attached hydrogens (tertiary/aromatic N) is 5. The van der Waals surface area contributed by atoms with Gasteiger partial charge in [0.1, 0.15) is 6.04 Å². The number of benzene rings is 1. The summed E-state index contributed by atoms with van der Waals surface area (Å²) < 4.78 is 14.2. The summed E-state index contributed by atoms with van der Waals surface area (Å²) in [5.41, 5.74) is 2.10. The minimum atomic E-state index is -0.0862. The van der Waals surface area contributed by atoms with Crippen LogP contribution in [0.15, 0.2) is 30.6 Å². The molecule has 1 unspecified atom stereocenters. The molecular formula is C19H25N5O3.